The Morgan fingerprint density at radius 2 is 1.87 bits per heavy atom. The molecule has 0 unspecified atom stereocenters. The molecule has 4 rings (SSSR count). The van der Waals surface area contributed by atoms with Crippen molar-refractivity contribution in [3.63, 3.8) is 0 Å². The smallest absolute Gasteiger partial charge is 0.275 e. The van der Waals surface area contributed by atoms with E-state index in [1.165, 1.54) is 4.90 Å². The van der Waals surface area contributed by atoms with E-state index in [2.05, 4.69) is 12.2 Å². The minimum Gasteiger partial charge on any atom is -0.322 e. The fourth-order valence-corrected chi connectivity index (χ4v) is 4.17. The summed E-state index contributed by atoms with van der Waals surface area (Å²) in [5, 5.41) is 2.39. The third kappa shape index (κ3) is 3.84. The number of aliphatic imine (C=N–C) groups is 1. The first-order valence-corrected chi connectivity index (χ1v) is 10.1. The van der Waals surface area contributed by atoms with Gasteiger partial charge in [0.15, 0.2) is 0 Å². The molecule has 1 spiro atoms. The van der Waals surface area contributed by atoms with Crippen LogP contribution in [0.15, 0.2) is 53.5 Å². The predicted octanol–water partition coefficient (Wildman–Crippen LogP) is 4.14. The van der Waals surface area contributed by atoms with Gasteiger partial charge in [-0.3, -0.25) is 14.6 Å². The monoisotopic (exact) mass is 411 g/mol. The van der Waals surface area contributed by atoms with Crippen molar-refractivity contribution >= 4 is 23.2 Å². The highest BCUT2D eigenvalue weighted by Gasteiger charge is 2.49. The second-order valence-electron chi connectivity index (χ2n) is 8.06. The van der Waals surface area contributed by atoms with E-state index >= 15 is 0 Å². The van der Waals surface area contributed by atoms with Crippen molar-refractivity contribution in [2.45, 2.75) is 38.3 Å². The van der Waals surface area contributed by atoms with Crippen LogP contribution in [0.4, 0.5) is 14.5 Å². The average Bonchev–Trinajstić information content (AvgIpc) is 3.00. The topological polar surface area (TPSA) is 61.8 Å². The molecule has 2 aromatic carbocycles. The molecule has 2 aliphatic rings. The lowest BCUT2D eigenvalue weighted by Gasteiger charge is -2.40. The van der Waals surface area contributed by atoms with Crippen molar-refractivity contribution in [3.8, 4) is 0 Å². The normalized spacial score (nSPS) is 23.6. The lowest BCUT2D eigenvalue weighted by molar-refractivity contribution is -0.134. The molecule has 2 amide bonds. The summed E-state index contributed by atoms with van der Waals surface area (Å²) in [5.41, 5.74) is 0.0312. The standard InChI is InChI=1S/C23H23F2N3O2/c1-15-9-11-23(12-10-15)27-21(16-5-3-2-4-6-16)22(30)28(23)14-20(29)26-19-13-17(24)7-8-18(19)25/h2-8,13,15H,9-12,14H2,1H3,(H,26,29). The van der Waals surface area contributed by atoms with Gasteiger partial charge in [-0.1, -0.05) is 37.3 Å². The Labute approximate surface area is 173 Å². The Kier molecular flexibility index (Phi) is 5.37. The van der Waals surface area contributed by atoms with E-state index in [9.17, 15) is 18.4 Å². The summed E-state index contributed by atoms with van der Waals surface area (Å²) in [6, 6.07) is 12.0. The number of rotatable bonds is 4. The van der Waals surface area contributed by atoms with E-state index in [1.807, 2.05) is 30.3 Å². The van der Waals surface area contributed by atoms with E-state index in [1.54, 1.807) is 0 Å². The van der Waals surface area contributed by atoms with Crippen LogP contribution < -0.4 is 5.32 Å². The van der Waals surface area contributed by atoms with Crippen LogP contribution >= 0.6 is 0 Å². The number of carbonyl (C=O) groups is 2. The predicted molar refractivity (Wildman–Crippen MR) is 110 cm³/mol. The molecule has 1 N–H and O–H groups in total. The summed E-state index contributed by atoms with van der Waals surface area (Å²) in [4.78, 5) is 32.2. The Morgan fingerprint density at radius 1 is 1.17 bits per heavy atom. The first-order chi connectivity index (χ1) is 14.4. The Hall–Kier alpha value is -3.09. The molecule has 7 heteroatoms. The maximum absolute atomic E-state index is 13.9. The maximum atomic E-state index is 13.9. The van der Waals surface area contributed by atoms with Crippen molar-refractivity contribution in [1.29, 1.82) is 0 Å². The Morgan fingerprint density at radius 3 is 2.57 bits per heavy atom. The minimum absolute atomic E-state index is 0.248. The molecule has 0 saturated heterocycles. The van der Waals surface area contributed by atoms with Gasteiger partial charge in [0.1, 0.15) is 29.6 Å². The fraction of sp³-hybridized carbons (Fsp3) is 0.348. The number of nitrogens with one attached hydrogen (secondary N) is 1. The van der Waals surface area contributed by atoms with E-state index in [0.29, 0.717) is 30.0 Å². The molecule has 1 heterocycles. The summed E-state index contributed by atoms with van der Waals surface area (Å²) in [5.74, 6) is -1.77. The van der Waals surface area contributed by atoms with Gasteiger partial charge in [-0.2, -0.15) is 0 Å². The lowest BCUT2D eigenvalue weighted by Crippen LogP contribution is -2.51. The largest absolute Gasteiger partial charge is 0.322 e. The molecule has 1 aliphatic carbocycles. The van der Waals surface area contributed by atoms with Crippen LogP contribution in [-0.4, -0.2) is 34.6 Å². The third-order valence-corrected chi connectivity index (χ3v) is 5.90. The number of amides is 2. The maximum Gasteiger partial charge on any atom is 0.275 e. The van der Waals surface area contributed by atoms with Crippen molar-refractivity contribution in [2.75, 3.05) is 11.9 Å². The van der Waals surface area contributed by atoms with Gasteiger partial charge in [0.2, 0.25) is 5.91 Å². The van der Waals surface area contributed by atoms with Crippen LogP contribution in [0.2, 0.25) is 0 Å². The van der Waals surface area contributed by atoms with Crippen LogP contribution in [-0.2, 0) is 9.59 Å². The number of carbonyl (C=O) groups excluding carboxylic acids is 2. The molecule has 0 radical (unpaired) electrons. The molecule has 156 valence electrons. The van der Waals surface area contributed by atoms with Gasteiger partial charge in [0.05, 0.1) is 5.69 Å². The number of nitrogens with zero attached hydrogens (tertiary/aromatic N) is 2. The van der Waals surface area contributed by atoms with Gasteiger partial charge in [-0.05, 0) is 43.7 Å². The van der Waals surface area contributed by atoms with Crippen molar-refractivity contribution in [2.24, 2.45) is 10.9 Å². The van der Waals surface area contributed by atoms with Crippen molar-refractivity contribution in [1.82, 2.24) is 4.90 Å². The number of anilines is 1. The van der Waals surface area contributed by atoms with Crippen LogP contribution in [0.1, 0.15) is 38.2 Å². The van der Waals surface area contributed by atoms with Crippen molar-refractivity contribution in [3.05, 3.63) is 65.7 Å². The van der Waals surface area contributed by atoms with Gasteiger partial charge in [0.25, 0.3) is 5.91 Å². The van der Waals surface area contributed by atoms with Gasteiger partial charge < -0.3 is 10.2 Å². The summed E-state index contributed by atoms with van der Waals surface area (Å²) in [6.07, 6.45) is 3.13. The molecule has 5 nitrogen and oxygen atoms in total. The average molecular weight is 411 g/mol. The quantitative estimate of drug-likeness (QED) is 0.822. The number of hydrogen-bond acceptors (Lipinski definition) is 3. The molecular weight excluding hydrogens is 388 g/mol. The number of hydrogen-bond donors (Lipinski definition) is 1. The van der Waals surface area contributed by atoms with Crippen LogP contribution in [0.25, 0.3) is 0 Å². The fourth-order valence-electron chi connectivity index (χ4n) is 4.17. The minimum atomic E-state index is -0.771. The van der Waals surface area contributed by atoms with Crippen molar-refractivity contribution < 1.29 is 18.4 Å². The zero-order valence-electron chi connectivity index (χ0n) is 16.7. The molecule has 0 aromatic heterocycles. The summed E-state index contributed by atoms with van der Waals surface area (Å²) < 4.78 is 27.3. The van der Waals surface area contributed by atoms with Gasteiger partial charge >= 0.3 is 0 Å². The molecular formula is C23H23F2N3O2. The SMILES string of the molecule is CC1CCC2(CC1)N=C(c1ccccc1)C(=O)N2CC(=O)Nc1cc(F)ccc1F. The Bertz CT molecular complexity index is 999. The summed E-state index contributed by atoms with van der Waals surface area (Å²) in [6.45, 7) is 1.89. The van der Waals surface area contributed by atoms with E-state index in [4.69, 9.17) is 4.99 Å². The molecule has 1 aliphatic heterocycles. The lowest BCUT2D eigenvalue weighted by atomic mass is 9.82. The number of halogens is 2. The van der Waals surface area contributed by atoms with Crippen LogP contribution in [0.5, 0.6) is 0 Å². The molecule has 1 saturated carbocycles. The van der Waals surface area contributed by atoms with Gasteiger partial charge in [-0.15, -0.1) is 0 Å². The second-order valence-corrected chi connectivity index (χ2v) is 8.06. The Balaban J connectivity index is 1.60. The first-order valence-electron chi connectivity index (χ1n) is 10.1. The van der Waals surface area contributed by atoms with Crippen LogP contribution in [0, 0.1) is 17.6 Å². The van der Waals surface area contributed by atoms with E-state index in [-0.39, 0.29) is 18.1 Å². The van der Waals surface area contributed by atoms with E-state index < -0.39 is 23.2 Å². The molecule has 30 heavy (non-hydrogen) atoms. The molecule has 0 atom stereocenters. The number of benzene rings is 2. The summed E-state index contributed by atoms with van der Waals surface area (Å²) >= 11 is 0. The van der Waals surface area contributed by atoms with Crippen LogP contribution in [0.3, 0.4) is 0 Å². The van der Waals surface area contributed by atoms with Gasteiger partial charge in [0, 0.05) is 11.6 Å². The highest BCUT2D eigenvalue weighted by Crippen LogP contribution is 2.41. The third-order valence-electron chi connectivity index (χ3n) is 5.90. The molecule has 2 aromatic rings. The zero-order valence-corrected chi connectivity index (χ0v) is 16.7. The van der Waals surface area contributed by atoms with Gasteiger partial charge in [-0.25, -0.2) is 8.78 Å². The zero-order chi connectivity index (χ0) is 21.3. The second kappa shape index (κ2) is 7.97. The molecule has 0 bridgehead atoms. The highest BCUT2D eigenvalue weighted by atomic mass is 19.1. The summed E-state index contributed by atoms with van der Waals surface area (Å²) in [7, 11) is 0. The first kappa shape index (κ1) is 20.2. The molecule has 1 fully saturated rings. The highest BCUT2D eigenvalue weighted by molar-refractivity contribution is 6.47. The van der Waals surface area contributed by atoms with E-state index in [0.717, 1.165) is 31.0 Å².